The van der Waals surface area contributed by atoms with E-state index in [0.717, 1.165) is 29.1 Å². The minimum absolute atomic E-state index is 0.142. The van der Waals surface area contributed by atoms with E-state index in [-0.39, 0.29) is 5.91 Å². The largest absolute Gasteiger partial charge is 0.337 e. The Hall–Kier alpha value is -2.10. The molecule has 4 heteroatoms. The van der Waals surface area contributed by atoms with E-state index in [1.807, 2.05) is 38.0 Å². The summed E-state index contributed by atoms with van der Waals surface area (Å²) < 4.78 is 2.04. The molecule has 1 amide bonds. The molecule has 0 unspecified atom stereocenters. The number of rotatable bonds is 2. The number of carbonyl (C=O) groups excluding carboxylic acids is 1. The molecule has 0 N–H and O–H groups in total. The van der Waals surface area contributed by atoms with Crippen molar-refractivity contribution in [1.29, 1.82) is 0 Å². The number of anilines is 1. The van der Waals surface area contributed by atoms with Crippen molar-refractivity contribution in [3.05, 3.63) is 36.3 Å². The predicted molar refractivity (Wildman–Crippen MR) is 79.8 cm³/mol. The van der Waals surface area contributed by atoms with E-state index in [9.17, 15) is 4.79 Å². The zero-order valence-electron chi connectivity index (χ0n) is 12.3. The van der Waals surface area contributed by atoms with Gasteiger partial charge in [0.15, 0.2) is 0 Å². The van der Waals surface area contributed by atoms with Crippen LogP contribution in [0.4, 0.5) is 5.69 Å². The first-order valence-corrected chi connectivity index (χ1v) is 6.90. The predicted octanol–water partition coefficient (Wildman–Crippen LogP) is 2.82. The van der Waals surface area contributed by atoms with Crippen molar-refractivity contribution in [3.8, 4) is 11.3 Å². The topological polar surface area (TPSA) is 38.1 Å². The monoisotopic (exact) mass is 269 g/mol. The van der Waals surface area contributed by atoms with Crippen LogP contribution in [-0.4, -0.2) is 22.5 Å². The van der Waals surface area contributed by atoms with Crippen molar-refractivity contribution in [2.45, 2.75) is 32.7 Å². The van der Waals surface area contributed by atoms with Gasteiger partial charge in [0.1, 0.15) is 0 Å². The highest BCUT2D eigenvalue weighted by atomic mass is 16.2. The van der Waals surface area contributed by atoms with Crippen molar-refractivity contribution >= 4 is 11.6 Å². The number of aryl methyl sites for hydroxylation is 1. The molecule has 3 rings (SSSR count). The van der Waals surface area contributed by atoms with Crippen molar-refractivity contribution in [2.24, 2.45) is 0 Å². The van der Waals surface area contributed by atoms with E-state index in [1.54, 1.807) is 4.90 Å². The molecule has 0 saturated carbocycles. The standard InChI is InChI=1S/C16H19N3O/c1-5-19-9-13(17-10-19)11-6-7-12-14(8-11)18(4)15(20)16(12,2)3/h6-10H,5H2,1-4H3. The van der Waals surface area contributed by atoms with Crippen LogP contribution in [0.2, 0.25) is 0 Å². The van der Waals surface area contributed by atoms with Gasteiger partial charge in [-0.25, -0.2) is 4.98 Å². The average molecular weight is 269 g/mol. The maximum Gasteiger partial charge on any atom is 0.236 e. The molecule has 4 nitrogen and oxygen atoms in total. The van der Waals surface area contributed by atoms with E-state index >= 15 is 0 Å². The molecule has 104 valence electrons. The molecule has 2 heterocycles. The number of fused-ring (bicyclic) bond motifs is 1. The molecule has 1 aliphatic heterocycles. The molecule has 0 radical (unpaired) electrons. The Balaban J connectivity index is 2.09. The molecule has 0 spiro atoms. The molecule has 0 atom stereocenters. The summed E-state index contributed by atoms with van der Waals surface area (Å²) in [6.45, 7) is 6.94. The lowest BCUT2D eigenvalue weighted by atomic mass is 9.86. The van der Waals surface area contributed by atoms with E-state index in [0.29, 0.717) is 0 Å². The number of hydrogen-bond donors (Lipinski definition) is 0. The Kier molecular flexibility index (Phi) is 2.71. The van der Waals surface area contributed by atoms with Gasteiger partial charge < -0.3 is 9.47 Å². The van der Waals surface area contributed by atoms with Gasteiger partial charge >= 0.3 is 0 Å². The zero-order valence-corrected chi connectivity index (χ0v) is 12.3. The van der Waals surface area contributed by atoms with Crippen LogP contribution >= 0.6 is 0 Å². The molecule has 1 aliphatic rings. The third kappa shape index (κ3) is 1.68. The number of imidazole rings is 1. The summed E-state index contributed by atoms with van der Waals surface area (Å²) in [7, 11) is 1.84. The van der Waals surface area contributed by atoms with Gasteiger partial charge in [0.2, 0.25) is 5.91 Å². The number of benzene rings is 1. The lowest BCUT2D eigenvalue weighted by Gasteiger charge is -2.16. The minimum Gasteiger partial charge on any atom is -0.337 e. The SMILES string of the molecule is CCn1cnc(-c2ccc3c(c2)N(C)C(=O)C3(C)C)c1. The van der Waals surface area contributed by atoms with Crippen LogP contribution in [0, 0.1) is 0 Å². The summed E-state index contributed by atoms with van der Waals surface area (Å²) in [6, 6.07) is 6.16. The molecular weight excluding hydrogens is 250 g/mol. The van der Waals surface area contributed by atoms with Crippen LogP contribution < -0.4 is 4.90 Å². The van der Waals surface area contributed by atoms with Crippen molar-refractivity contribution < 1.29 is 4.79 Å². The number of nitrogens with zero attached hydrogens (tertiary/aromatic N) is 3. The summed E-state index contributed by atoms with van der Waals surface area (Å²) in [4.78, 5) is 18.5. The molecule has 1 aromatic heterocycles. The zero-order chi connectivity index (χ0) is 14.5. The summed E-state index contributed by atoms with van der Waals surface area (Å²) >= 11 is 0. The van der Waals surface area contributed by atoms with Crippen LogP contribution in [0.25, 0.3) is 11.3 Å². The van der Waals surface area contributed by atoms with Gasteiger partial charge in [0, 0.05) is 31.0 Å². The highest BCUT2D eigenvalue weighted by Gasteiger charge is 2.42. The highest BCUT2D eigenvalue weighted by molar-refractivity contribution is 6.07. The first-order chi connectivity index (χ1) is 9.45. The average Bonchev–Trinajstić information content (AvgIpc) is 2.99. The first kappa shape index (κ1) is 12.9. The van der Waals surface area contributed by atoms with Crippen molar-refractivity contribution in [3.63, 3.8) is 0 Å². The fourth-order valence-corrected chi connectivity index (χ4v) is 2.82. The maximum atomic E-state index is 12.3. The Labute approximate surface area is 119 Å². The number of likely N-dealkylation sites (N-methyl/N-ethyl adjacent to an activating group) is 1. The number of aromatic nitrogens is 2. The van der Waals surface area contributed by atoms with E-state index in [4.69, 9.17) is 0 Å². The van der Waals surface area contributed by atoms with Gasteiger partial charge in [-0.2, -0.15) is 0 Å². The Bertz CT molecular complexity index is 685. The smallest absolute Gasteiger partial charge is 0.236 e. The number of amides is 1. The third-order valence-electron chi connectivity index (χ3n) is 4.17. The molecule has 0 saturated heterocycles. The van der Waals surface area contributed by atoms with Crippen LogP contribution in [-0.2, 0) is 16.8 Å². The summed E-state index contributed by atoms with van der Waals surface area (Å²) in [5.41, 5.74) is 3.63. The third-order valence-corrected chi connectivity index (χ3v) is 4.17. The summed E-state index contributed by atoms with van der Waals surface area (Å²) in [5.74, 6) is 0.142. The van der Waals surface area contributed by atoms with Crippen LogP contribution in [0.1, 0.15) is 26.3 Å². The summed E-state index contributed by atoms with van der Waals surface area (Å²) in [6.07, 6.45) is 3.87. The van der Waals surface area contributed by atoms with Gasteiger partial charge in [-0.1, -0.05) is 12.1 Å². The lowest BCUT2D eigenvalue weighted by Crippen LogP contribution is -2.33. The van der Waals surface area contributed by atoms with Crippen LogP contribution in [0.15, 0.2) is 30.7 Å². The molecule has 2 aromatic rings. The minimum atomic E-state index is -0.439. The summed E-state index contributed by atoms with van der Waals surface area (Å²) in [5, 5.41) is 0. The second kappa shape index (κ2) is 4.20. The fourth-order valence-electron chi connectivity index (χ4n) is 2.82. The lowest BCUT2D eigenvalue weighted by molar-refractivity contribution is -0.121. The highest BCUT2D eigenvalue weighted by Crippen LogP contribution is 2.42. The molecule has 20 heavy (non-hydrogen) atoms. The van der Waals surface area contributed by atoms with E-state index < -0.39 is 5.41 Å². The van der Waals surface area contributed by atoms with Gasteiger partial charge in [0.05, 0.1) is 17.4 Å². The fraction of sp³-hybridized carbons (Fsp3) is 0.375. The molecule has 0 bridgehead atoms. The normalized spacial score (nSPS) is 16.6. The Morgan fingerprint density at radius 1 is 1.30 bits per heavy atom. The van der Waals surface area contributed by atoms with Gasteiger partial charge in [-0.15, -0.1) is 0 Å². The maximum absolute atomic E-state index is 12.3. The number of hydrogen-bond acceptors (Lipinski definition) is 2. The molecule has 0 aliphatic carbocycles. The van der Waals surface area contributed by atoms with Gasteiger partial charge in [-0.05, 0) is 32.4 Å². The first-order valence-electron chi connectivity index (χ1n) is 6.90. The van der Waals surface area contributed by atoms with Crippen molar-refractivity contribution in [2.75, 3.05) is 11.9 Å². The van der Waals surface area contributed by atoms with Crippen LogP contribution in [0.3, 0.4) is 0 Å². The van der Waals surface area contributed by atoms with Gasteiger partial charge in [-0.3, -0.25) is 4.79 Å². The second-order valence-corrected chi connectivity index (χ2v) is 5.81. The molecular formula is C16H19N3O. The van der Waals surface area contributed by atoms with Crippen molar-refractivity contribution in [1.82, 2.24) is 9.55 Å². The second-order valence-electron chi connectivity index (χ2n) is 5.81. The van der Waals surface area contributed by atoms with E-state index in [1.165, 1.54) is 0 Å². The van der Waals surface area contributed by atoms with Gasteiger partial charge in [0.25, 0.3) is 0 Å². The van der Waals surface area contributed by atoms with E-state index in [2.05, 4.69) is 30.1 Å². The quantitative estimate of drug-likeness (QED) is 0.840. The molecule has 0 fully saturated rings. The van der Waals surface area contributed by atoms with Crippen LogP contribution in [0.5, 0.6) is 0 Å². The molecule has 1 aromatic carbocycles. The number of carbonyl (C=O) groups is 1. The Morgan fingerprint density at radius 3 is 2.70 bits per heavy atom. The Morgan fingerprint density at radius 2 is 2.05 bits per heavy atom.